The van der Waals surface area contributed by atoms with Gasteiger partial charge in [-0.25, -0.2) is 9.78 Å². The summed E-state index contributed by atoms with van der Waals surface area (Å²) in [7, 11) is 1.35. The van der Waals surface area contributed by atoms with Gasteiger partial charge in [0.25, 0.3) is 5.91 Å². The third-order valence-electron chi connectivity index (χ3n) is 4.46. The Hall–Kier alpha value is -1.92. The van der Waals surface area contributed by atoms with Gasteiger partial charge in [0.15, 0.2) is 0 Å². The van der Waals surface area contributed by atoms with Gasteiger partial charge in [-0.2, -0.15) is 0 Å². The molecule has 7 heteroatoms. The standard InChI is InChI=1S/C18H19ClN2O3S/c1-11-14(25-16(20-11)12-6-5-7-13(19)10-12)15(22)21-18(17(23)24-2)8-3-4-9-18/h5-7,10H,3-4,8-9H2,1-2H3,(H,21,22). The van der Waals surface area contributed by atoms with E-state index in [9.17, 15) is 9.59 Å². The van der Waals surface area contributed by atoms with Crippen molar-refractivity contribution in [1.82, 2.24) is 10.3 Å². The Morgan fingerprint density at radius 1 is 1.32 bits per heavy atom. The maximum atomic E-state index is 12.8. The number of esters is 1. The predicted octanol–water partition coefficient (Wildman–Crippen LogP) is 3.99. The van der Waals surface area contributed by atoms with Gasteiger partial charge >= 0.3 is 5.97 Å². The number of methoxy groups -OCH3 is 1. The summed E-state index contributed by atoms with van der Waals surface area (Å²) in [5.41, 5.74) is 0.581. The second kappa shape index (κ2) is 7.14. The number of ether oxygens (including phenoxy) is 1. The van der Waals surface area contributed by atoms with Crippen LogP contribution in [0.2, 0.25) is 5.02 Å². The molecule has 1 aromatic carbocycles. The number of halogens is 1. The zero-order chi connectivity index (χ0) is 18.0. The minimum Gasteiger partial charge on any atom is -0.467 e. The van der Waals surface area contributed by atoms with Gasteiger partial charge in [-0.3, -0.25) is 4.79 Å². The van der Waals surface area contributed by atoms with Crippen LogP contribution in [0.3, 0.4) is 0 Å². The number of aryl methyl sites for hydroxylation is 1. The third-order valence-corrected chi connectivity index (χ3v) is 5.90. The Kier molecular flexibility index (Phi) is 5.11. The number of benzene rings is 1. The number of carbonyl (C=O) groups excluding carboxylic acids is 2. The van der Waals surface area contributed by atoms with Crippen molar-refractivity contribution in [3.8, 4) is 10.6 Å². The first-order valence-corrected chi connectivity index (χ1v) is 9.29. The highest BCUT2D eigenvalue weighted by molar-refractivity contribution is 7.17. The number of aromatic nitrogens is 1. The number of rotatable bonds is 4. The van der Waals surface area contributed by atoms with Crippen LogP contribution in [-0.4, -0.2) is 29.5 Å². The van der Waals surface area contributed by atoms with Crippen molar-refractivity contribution in [2.24, 2.45) is 0 Å². The van der Waals surface area contributed by atoms with E-state index in [0.29, 0.717) is 28.4 Å². The molecule has 3 rings (SSSR count). The van der Waals surface area contributed by atoms with Crippen LogP contribution in [0.15, 0.2) is 24.3 Å². The fraction of sp³-hybridized carbons (Fsp3) is 0.389. The molecule has 0 radical (unpaired) electrons. The van der Waals surface area contributed by atoms with Crippen LogP contribution >= 0.6 is 22.9 Å². The Morgan fingerprint density at radius 2 is 2.04 bits per heavy atom. The van der Waals surface area contributed by atoms with Crippen LogP contribution in [0, 0.1) is 6.92 Å². The van der Waals surface area contributed by atoms with Crippen LogP contribution < -0.4 is 5.32 Å². The number of amides is 1. The van der Waals surface area contributed by atoms with Crippen LogP contribution in [0.25, 0.3) is 10.6 Å². The molecular formula is C18H19ClN2O3S. The molecule has 1 saturated carbocycles. The summed E-state index contributed by atoms with van der Waals surface area (Å²) in [5.74, 6) is -0.661. The maximum absolute atomic E-state index is 12.8. The highest BCUT2D eigenvalue weighted by Gasteiger charge is 2.44. The van der Waals surface area contributed by atoms with E-state index in [-0.39, 0.29) is 11.9 Å². The summed E-state index contributed by atoms with van der Waals surface area (Å²) >= 11 is 7.33. The smallest absolute Gasteiger partial charge is 0.331 e. The fourth-order valence-electron chi connectivity index (χ4n) is 3.18. The Labute approximate surface area is 155 Å². The number of carbonyl (C=O) groups is 2. The summed E-state index contributed by atoms with van der Waals surface area (Å²) in [4.78, 5) is 30.0. The van der Waals surface area contributed by atoms with Gasteiger partial charge in [0.2, 0.25) is 0 Å². The zero-order valence-corrected chi connectivity index (χ0v) is 15.7. The number of hydrogen-bond donors (Lipinski definition) is 1. The lowest BCUT2D eigenvalue weighted by molar-refractivity contribution is -0.148. The van der Waals surface area contributed by atoms with Crippen molar-refractivity contribution in [1.29, 1.82) is 0 Å². The summed E-state index contributed by atoms with van der Waals surface area (Å²) in [6.45, 7) is 1.79. The first-order chi connectivity index (χ1) is 11.9. The van der Waals surface area contributed by atoms with E-state index < -0.39 is 5.54 Å². The average molecular weight is 379 g/mol. The second-order valence-electron chi connectivity index (χ2n) is 6.18. The highest BCUT2D eigenvalue weighted by Crippen LogP contribution is 2.33. The van der Waals surface area contributed by atoms with E-state index in [1.807, 2.05) is 18.2 Å². The first kappa shape index (κ1) is 17.9. The SMILES string of the molecule is COC(=O)C1(NC(=O)c2sc(-c3cccc(Cl)c3)nc2C)CCCC1. The van der Waals surface area contributed by atoms with Gasteiger partial charge in [-0.15, -0.1) is 11.3 Å². The molecule has 1 aliphatic carbocycles. The molecule has 5 nitrogen and oxygen atoms in total. The van der Waals surface area contributed by atoms with E-state index in [4.69, 9.17) is 16.3 Å². The average Bonchev–Trinajstić information content (AvgIpc) is 3.21. The Balaban J connectivity index is 1.86. The van der Waals surface area contributed by atoms with E-state index in [1.54, 1.807) is 13.0 Å². The molecule has 1 amide bonds. The molecule has 1 aromatic heterocycles. The quantitative estimate of drug-likeness (QED) is 0.817. The van der Waals surface area contributed by atoms with Gasteiger partial charge in [0.1, 0.15) is 15.4 Å². The summed E-state index contributed by atoms with van der Waals surface area (Å²) < 4.78 is 4.91. The summed E-state index contributed by atoms with van der Waals surface area (Å²) in [6.07, 6.45) is 2.99. The molecule has 0 saturated heterocycles. The molecule has 0 spiro atoms. The van der Waals surface area contributed by atoms with E-state index in [2.05, 4.69) is 10.3 Å². The van der Waals surface area contributed by atoms with Crippen LogP contribution in [-0.2, 0) is 9.53 Å². The van der Waals surface area contributed by atoms with E-state index in [1.165, 1.54) is 18.4 Å². The molecule has 1 fully saturated rings. The summed E-state index contributed by atoms with van der Waals surface area (Å²) in [6, 6.07) is 7.35. The monoisotopic (exact) mass is 378 g/mol. The number of hydrogen-bond acceptors (Lipinski definition) is 5. The Bertz CT molecular complexity index is 812. The molecule has 0 atom stereocenters. The lowest BCUT2D eigenvalue weighted by Crippen LogP contribution is -2.53. The molecule has 25 heavy (non-hydrogen) atoms. The zero-order valence-electron chi connectivity index (χ0n) is 14.1. The molecular weight excluding hydrogens is 360 g/mol. The molecule has 132 valence electrons. The van der Waals surface area contributed by atoms with Gasteiger partial charge in [-0.1, -0.05) is 36.6 Å². The minimum atomic E-state index is -0.918. The largest absolute Gasteiger partial charge is 0.467 e. The topological polar surface area (TPSA) is 68.3 Å². The molecule has 1 heterocycles. The highest BCUT2D eigenvalue weighted by atomic mass is 35.5. The van der Waals surface area contributed by atoms with Gasteiger partial charge in [0.05, 0.1) is 12.8 Å². The van der Waals surface area contributed by atoms with E-state index >= 15 is 0 Å². The van der Waals surface area contributed by atoms with Crippen molar-refractivity contribution in [3.63, 3.8) is 0 Å². The van der Waals surface area contributed by atoms with Crippen molar-refractivity contribution in [2.45, 2.75) is 38.1 Å². The van der Waals surface area contributed by atoms with E-state index in [0.717, 1.165) is 23.4 Å². The predicted molar refractivity (Wildman–Crippen MR) is 98.0 cm³/mol. The van der Waals surface area contributed by atoms with Gasteiger partial charge < -0.3 is 10.1 Å². The normalized spacial score (nSPS) is 15.8. The molecule has 2 aromatic rings. The van der Waals surface area contributed by atoms with Crippen molar-refractivity contribution in [3.05, 3.63) is 39.9 Å². The maximum Gasteiger partial charge on any atom is 0.331 e. The molecule has 1 N–H and O–H groups in total. The van der Waals surface area contributed by atoms with Crippen molar-refractivity contribution < 1.29 is 14.3 Å². The molecule has 0 unspecified atom stereocenters. The number of nitrogens with one attached hydrogen (secondary N) is 1. The van der Waals surface area contributed by atoms with Crippen molar-refractivity contribution >= 4 is 34.8 Å². The van der Waals surface area contributed by atoms with Crippen LogP contribution in [0.1, 0.15) is 41.0 Å². The van der Waals surface area contributed by atoms with Crippen LogP contribution in [0.5, 0.6) is 0 Å². The van der Waals surface area contributed by atoms with Crippen LogP contribution in [0.4, 0.5) is 0 Å². The fourth-order valence-corrected chi connectivity index (χ4v) is 4.33. The number of nitrogens with zero attached hydrogens (tertiary/aromatic N) is 1. The summed E-state index contributed by atoms with van der Waals surface area (Å²) in [5, 5.41) is 4.25. The molecule has 0 bridgehead atoms. The third kappa shape index (κ3) is 3.55. The number of thiazole rings is 1. The molecule has 0 aliphatic heterocycles. The lowest BCUT2D eigenvalue weighted by Gasteiger charge is -2.26. The minimum absolute atomic E-state index is 0.282. The lowest BCUT2D eigenvalue weighted by atomic mass is 9.97. The second-order valence-corrected chi connectivity index (χ2v) is 7.61. The van der Waals surface area contributed by atoms with Gasteiger partial charge in [0, 0.05) is 10.6 Å². The first-order valence-electron chi connectivity index (χ1n) is 8.09. The van der Waals surface area contributed by atoms with Gasteiger partial charge in [-0.05, 0) is 31.9 Å². The van der Waals surface area contributed by atoms with Crippen molar-refractivity contribution in [2.75, 3.05) is 7.11 Å². The molecule has 1 aliphatic rings. The Morgan fingerprint density at radius 3 is 2.68 bits per heavy atom.